The van der Waals surface area contributed by atoms with Gasteiger partial charge in [-0.1, -0.05) is 25.3 Å². The lowest BCUT2D eigenvalue weighted by molar-refractivity contribution is 0.431. The van der Waals surface area contributed by atoms with Gasteiger partial charge in [0.25, 0.3) is 0 Å². The molecule has 17 heavy (non-hydrogen) atoms. The Kier molecular flexibility index (Phi) is 2.65. The number of benzene rings is 1. The zero-order valence-electron chi connectivity index (χ0n) is 10.7. The van der Waals surface area contributed by atoms with Crippen LogP contribution in [0.25, 0.3) is 11.0 Å². The van der Waals surface area contributed by atoms with E-state index in [-0.39, 0.29) is 0 Å². The summed E-state index contributed by atoms with van der Waals surface area (Å²) in [5.74, 6) is 1.88. The van der Waals surface area contributed by atoms with E-state index in [4.69, 9.17) is 4.98 Å². The van der Waals surface area contributed by atoms with Crippen molar-refractivity contribution in [2.75, 3.05) is 0 Å². The van der Waals surface area contributed by atoms with Gasteiger partial charge in [0.1, 0.15) is 5.82 Å². The van der Waals surface area contributed by atoms with Crippen LogP contribution in [0, 0.1) is 13.8 Å². The van der Waals surface area contributed by atoms with Crippen molar-refractivity contribution in [1.29, 1.82) is 0 Å². The molecule has 1 aliphatic carbocycles. The second-order valence-electron chi connectivity index (χ2n) is 5.36. The van der Waals surface area contributed by atoms with E-state index in [0.717, 1.165) is 0 Å². The van der Waals surface area contributed by atoms with Gasteiger partial charge >= 0.3 is 0 Å². The lowest BCUT2D eigenvalue weighted by atomic mass is 9.89. The van der Waals surface area contributed by atoms with Gasteiger partial charge in [0, 0.05) is 5.92 Å². The van der Waals surface area contributed by atoms with Crippen molar-refractivity contribution in [1.82, 2.24) is 9.97 Å². The molecule has 1 aliphatic rings. The molecular formula is C15H20N2. The smallest absolute Gasteiger partial charge is 0.110 e. The third-order valence-electron chi connectivity index (χ3n) is 4.19. The number of hydrogen-bond donors (Lipinski definition) is 1. The van der Waals surface area contributed by atoms with Crippen LogP contribution in [0.4, 0.5) is 0 Å². The second kappa shape index (κ2) is 4.17. The molecule has 0 bridgehead atoms. The van der Waals surface area contributed by atoms with Gasteiger partial charge in [-0.05, 0) is 43.9 Å². The number of nitrogens with zero attached hydrogens (tertiary/aromatic N) is 1. The Bertz CT molecular complexity index is 533. The summed E-state index contributed by atoms with van der Waals surface area (Å²) in [7, 11) is 0. The third-order valence-corrected chi connectivity index (χ3v) is 4.19. The Morgan fingerprint density at radius 3 is 2.65 bits per heavy atom. The van der Waals surface area contributed by atoms with Gasteiger partial charge < -0.3 is 4.98 Å². The fourth-order valence-corrected chi connectivity index (χ4v) is 2.90. The molecule has 0 saturated heterocycles. The maximum Gasteiger partial charge on any atom is 0.110 e. The van der Waals surface area contributed by atoms with E-state index >= 15 is 0 Å². The van der Waals surface area contributed by atoms with Gasteiger partial charge in [-0.25, -0.2) is 4.98 Å². The van der Waals surface area contributed by atoms with Gasteiger partial charge in [0.15, 0.2) is 0 Å². The van der Waals surface area contributed by atoms with Gasteiger partial charge in [-0.2, -0.15) is 0 Å². The Hall–Kier alpha value is -1.31. The highest BCUT2D eigenvalue weighted by Gasteiger charge is 2.19. The summed E-state index contributed by atoms with van der Waals surface area (Å²) in [6.07, 6.45) is 6.73. The lowest BCUT2D eigenvalue weighted by Crippen LogP contribution is -2.05. The standard InChI is InChI=1S/C15H20N2/c1-10-8-9-13-14(11(10)2)17-15(16-13)12-6-4-3-5-7-12/h8-9,12H,3-7H2,1-2H3,(H,16,17). The van der Waals surface area contributed by atoms with E-state index in [9.17, 15) is 0 Å². The molecule has 1 aromatic heterocycles. The molecule has 2 nitrogen and oxygen atoms in total. The predicted octanol–water partition coefficient (Wildman–Crippen LogP) is 4.23. The number of hydrogen-bond acceptors (Lipinski definition) is 1. The first-order chi connectivity index (χ1) is 8.25. The highest BCUT2D eigenvalue weighted by molar-refractivity contribution is 5.79. The van der Waals surface area contributed by atoms with Crippen molar-refractivity contribution >= 4 is 11.0 Å². The highest BCUT2D eigenvalue weighted by Crippen LogP contribution is 2.32. The van der Waals surface area contributed by atoms with E-state index in [2.05, 4.69) is 31.0 Å². The number of nitrogens with one attached hydrogen (secondary N) is 1. The van der Waals surface area contributed by atoms with Crippen LogP contribution in [-0.2, 0) is 0 Å². The van der Waals surface area contributed by atoms with E-state index in [1.165, 1.54) is 60.1 Å². The molecule has 1 aromatic carbocycles. The predicted molar refractivity (Wildman–Crippen MR) is 71.4 cm³/mol. The fraction of sp³-hybridized carbons (Fsp3) is 0.533. The molecule has 0 aliphatic heterocycles. The monoisotopic (exact) mass is 228 g/mol. The first-order valence-corrected chi connectivity index (χ1v) is 6.71. The average Bonchev–Trinajstić information content (AvgIpc) is 2.80. The van der Waals surface area contributed by atoms with Crippen LogP contribution in [0.15, 0.2) is 12.1 Å². The second-order valence-corrected chi connectivity index (χ2v) is 5.36. The minimum Gasteiger partial charge on any atom is -0.342 e. The van der Waals surface area contributed by atoms with Crippen LogP contribution in [0.5, 0.6) is 0 Å². The number of aromatic nitrogens is 2. The van der Waals surface area contributed by atoms with Gasteiger partial charge in [-0.15, -0.1) is 0 Å². The van der Waals surface area contributed by atoms with Crippen molar-refractivity contribution in [3.63, 3.8) is 0 Å². The van der Waals surface area contributed by atoms with Crippen molar-refractivity contribution < 1.29 is 0 Å². The largest absolute Gasteiger partial charge is 0.342 e. The molecular weight excluding hydrogens is 208 g/mol. The Balaban J connectivity index is 2.04. The number of aromatic amines is 1. The van der Waals surface area contributed by atoms with Crippen LogP contribution in [0.1, 0.15) is 55.0 Å². The summed E-state index contributed by atoms with van der Waals surface area (Å²) in [5, 5.41) is 0. The van der Waals surface area contributed by atoms with E-state index in [0.29, 0.717) is 5.92 Å². The maximum absolute atomic E-state index is 4.84. The van der Waals surface area contributed by atoms with Crippen molar-refractivity contribution in [3.8, 4) is 0 Å². The van der Waals surface area contributed by atoms with Crippen LogP contribution < -0.4 is 0 Å². The van der Waals surface area contributed by atoms with E-state index in [1.807, 2.05) is 0 Å². The molecule has 3 rings (SSSR count). The lowest BCUT2D eigenvalue weighted by Gasteiger charge is -2.18. The van der Waals surface area contributed by atoms with Gasteiger partial charge in [0.2, 0.25) is 0 Å². The maximum atomic E-state index is 4.84. The average molecular weight is 228 g/mol. The van der Waals surface area contributed by atoms with Gasteiger partial charge in [0.05, 0.1) is 11.0 Å². The minimum absolute atomic E-state index is 0.663. The first-order valence-electron chi connectivity index (χ1n) is 6.71. The number of imidazole rings is 1. The topological polar surface area (TPSA) is 28.7 Å². The summed E-state index contributed by atoms with van der Waals surface area (Å²) in [6.45, 7) is 4.33. The molecule has 1 saturated carbocycles. The molecule has 1 N–H and O–H groups in total. The highest BCUT2D eigenvalue weighted by atomic mass is 14.9. The molecule has 0 radical (unpaired) electrons. The van der Waals surface area contributed by atoms with Crippen molar-refractivity contribution in [2.24, 2.45) is 0 Å². The van der Waals surface area contributed by atoms with Crippen molar-refractivity contribution in [3.05, 3.63) is 29.1 Å². The number of fused-ring (bicyclic) bond motifs is 1. The molecule has 1 fully saturated rings. The van der Waals surface area contributed by atoms with Crippen LogP contribution in [0.2, 0.25) is 0 Å². The first kappa shape index (κ1) is 10.8. The summed E-state index contributed by atoms with van der Waals surface area (Å²) < 4.78 is 0. The van der Waals surface area contributed by atoms with Crippen LogP contribution in [0.3, 0.4) is 0 Å². The Morgan fingerprint density at radius 2 is 1.88 bits per heavy atom. The molecule has 0 amide bonds. The Morgan fingerprint density at radius 1 is 1.12 bits per heavy atom. The zero-order valence-corrected chi connectivity index (χ0v) is 10.7. The minimum atomic E-state index is 0.663. The fourth-order valence-electron chi connectivity index (χ4n) is 2.90. The molecule has 0 unspecified atom stereocenters. The van der Waals surface area contributed by atoms with E-state index in [1.54, 1.807) is 0 Å². The van der Waals surface area contributed by atoms with Crippen LogP contribution in [-0.4, -0.2) is 9.97 Å². The van der Waals surface area contributed by atoms with E-state index < -0.39 is 0 Å². The van der Waals surface area contributed by atoms with Gasteiger partial charge in [-0.3, -0.25) is 0 Å². The normalized spacial score (nSPS) is 17.8. The summed E-state index contributed by atoms with van der Waals surface area (Å²) in [6, 6.07) is 4.34. The number of rotatable bonds is 1. The Labute approximate surface area is 102 Å². The summed E-state index contributed by atoms with van der Waals surface area (Å²) in [4.78, 5) is 8.36. The molecule has 0 atom stereocenters. The SMILES string of the molecule is Cc1ccc2[nH]c(C3CCCCC3)nc2c1C. The number of H-pyrrole nitrogens is 1. The zero-order chi connectivity index (χ0) is 11.8. The molecule has 0 spiro atoms. The molecule has 1 heterocycles. The molecule has 2 aromatic rings. The summed E-state index contributed by atoms with van der Waals surface area (Å²) >= 11 is 0. The molecule has 90 valence electrons. The number of aryl methyl sites for hydroxylation is 2. The third kappa shape index (κ3) is 1.86. The summed E-state index contributed by atoms with van der Waals surface area (Å²) in [5.41, 5.74) is 5.03. The quantitative estimate of drug-likeness (QED) is 0.777. The van der Waals surface area contributed by atoms with Crippen molar-refractivity contribution in [2.45, 2.75) is 51.9 Å². The molecule has 2 heteroatoms. The van der Waals surface area contributed by atoms with Crippen LogP contribution >= 0.6 is 0 Å².